The van der Waals surface area contributed by atoms with E-state index in [0.29, 0.717) is 0 Å². The molecule has 1 aliphatic rings. The molecule has 0 amide bonds. The lowest BCUT2D eigenvalue weighted by molar-refractivity contribution is -0.278. The molecule has 0 heterocycles. The average Bonchev–Trinajstić information content (AvgIpc) is 3.16. The van der Waals surface area contributed by atoms with Crippen molar-refractivity contribution >= 4 is 10.1 Å². The Bertz CT molecular complexity index is 1730. The highest BCUT2D eigenvalue weighted by Crippen LogP contribution is 2.37. The smallest absolute Gasteiger partial charge is 0.264 e. The van der Waals surface area contributed by atoms with Gasteiger partial charge in [-0.05, 0) is 27.8 Å². The lowest BCUT2D eigenvalue weighted by atomic mass is 9.83. The van der Waals surface area contributed by atoms with Crippen molar-refractivity contribution in [2.24, 2.45) is 0 Å². The molecule has 6 rings (SSSR count). The van der Waals surface area contributed by atoms with Gasteiger partial charge in [-0.15, -0.1) is 0 Å². The molecule has 9 heteroatoms. The monoisotopic (exact) mass is 708 g/mol. The van der Waals surface area contributed by atoms with E-state index < -0.39 is 46.7 Å². The highest BCUT2D eigenvalue weighted by atomic mass is 32.2. The van der Waals surface area contributed by atoms with Crippen LogP contribution < -0.4 is 0 Å². The fourth-order valence-corrected chi connectivity index (χ4v) is 6.84. The van der Waals surface area contributed by atoms with Crippen LogP contribution >= 0.6 is 0 Å². The molecule has 5 aromatic carbocycles. The first-order chi connectivity index (χ1) is 24.9. The van der Waals surface area contributed by atoms with Crippen LogP contribution in [0.25, 0.3) is 0 Å². The second-order valence-electron chi connectivity index (χ2n) is 12.6. The Morgan fingerprint density at radius 3 is 0.745 bits per heavy atom. The Kier molecular flexibility index (Phi) is 13.2. The summed E-state index contributed by atoms with van der Waals surface area (Å²) in [4.78, 5) is 0. The van der Waals surface area contributed by atoms with Gasteiger partial charge in [0.15, 0.2) is 0 Å². The van der Waals surface area contributed by atoms with E-state index in [1.807, 2.05) is 152 Å². The first-order valence-electron chi connectivity index (χ1n) is 17.1. The molecule has 0 N–H and O–H groups in total. The normalized spacial score (nSPS) is 22.1. The van der Waals surface area contributed by atoms with Crippen LogP contribution in [0, 0.1) is 0 Å². The van der Waals surface area contributed by atoms with E-state index in [4.69, 9.17) is 27.9 Å². The summed E-state index contributed by atoms with van der Waals surface area (Å²) in [5.41, 5.74) is 4.64. The quantitative estimate of drug-likeness (QED) is 0.0933. The van der Waals surface area contributed by atoms with Gasteiger partial charge in [-0.3, -0.25) is 4.18 Å². The third kappa shape index (κ3) is 10.9. The zero-order valence-corrected chi connectivity index (χ0v) is 29.4. The standard InChI is InChI=1S/C42H44O8S/c1-51(43,44)50-42-40(48-30-35-23-13-5-14-24-35)38(46-28-33-19-9-3-10-20-33)37(45-27-32-17-7-2-8-18-32)39(47-29-34-21-11-4-12-22-34)41(42)49-31-36-25-15-6-16-26-36/h2-26,37-42H,27-31H2,1H3/t37-,38-,39+,40+,41-,42+. The predicted molar refractivity (Wildman–Crippen MR) is 195 cm³/mol. The van der Waals surface area contributed by atoms with Gasteiger partial charge < -0.3 is 23.7 Å². The van der Waals surface area contributed by atoms with E-state index in [0.717, 1.165) is 34.1 Å². The summed E-state index contributed by atoms with van der Waals surface area (Å²) < 4.78 is 65.7. The summed E-state index contributed by atoms with van der Waals surface area (Å²) in [7, 11) is -4.02. The molecule has 51 heavy (non-hydrogen) atoms. The third-order valence-corrected chi connectivity index (χ3v) is 9.23. The van der Waals surface area contributed by atoms with Crippen LogP contribution in [-0.4, -0.2) is 51.3 Å². The van der Waals surface area contributed by atoms with Crippen molar-refractivity contribution in [2.45, 2.75) is 69.7 Å². The molecular formula is C42H44O8S. The molecule has 0 aliphatic heterocycles. The maximum absolute atomic E-state index is 13.1. The summed E-state index contributed by atoms with van der Waals surface area (Å²) >= 11 is 0. The van der Waals surface area contributed by atoms with Crippen LogP contribution in [0.4, 0.5) is 0 Å². The van der Waals surface area contributed by atoms with Gasteiger partial charge in [0.05, 0.1) is 39.3 Å². The van der Waals surface area contributed by atoms with Crippen LogP contribution in [0.5, 0.6) is 0 Å². The second kappa shape index (κ2) is 18.3. The molecule has 1 saturated carbocycles. The number of hydrogen-bond donors (Lipinski definition) is 0. The molecule has 5 aromatic rings. The van der Waals surface area contributed by atoms with Crippen molar-refractivity contribution in [1.82, 2.24) is 0 Å². The molecule has 0 radical (unpaired) electrons. The molecule has 6 atom stereocenters. The van der Waals surface area contributed by atoms with Crippen LogP contribution in [0.2, 0.25) is 0 Å². The second-order valence-corrected chi connectivity index (χ2v) is 14.2. The first-order valence-corrected chi connectivity index (χ1v) is 18.9. The Hall–Kier alpha value is -4.19. The molecular weight excluding hydrogens is 665 g/mol. The molecule has 0 unspecified atom stereocenters. The number of rotatable bonds is 17. The number of ether oxygens (including phenoxy) is 5. The van der Waals surface area contributed by atoms with Crippen LogP contribution in [0.15, 0.2) is 152 Å². The minimum Gasteiger partial charge on any atom is -0.368 e. The van der Waals surface area contributed by atoms with E-state index in [2.05, 4.69) is 0 Å². The Morgan fingerprint density at radius 2 is 0.549 bits per heavy atom. The number of benzene rings is 5. The lowest BCUT2D eigenvalue weighted by Crippen LogP contribution is -2.67. The molecule has 266 valence electrons. The summed E-state index contributed by atoms with van der Waals surface area (Å²) in [6.45, 7) is 1.03. The van der Waals surface area contributed by atoms with Gasteiger partial charge in [0.25, 0.3) is 10.1 Å². The van der Waals surface area contributed by atoms with Crippen LogP contribution in [0.3, 0.4) is 0 Å². The van der Waals surface area contributed by atoms with E-state index in [1.54, 1.807) is 0 Å². The van der Waals surface area contributed by atoms with Gasteiger partial charge in [0.1, 0.15) is 36.6 Å². The van der Waals surface area contributed by atoms with E-state index in [1.165, 1.54) is 0 Å². The summed E-state index contributed by atoms with van der Waals surface area (Å²) in [6, 6.07) is 48.8. The van der Waals surface area contributed by atoms with Crippen molar-refractivity contribution in [3.63, 3.8) is 0 Å². The Labute approximate surface area is 301 Å². The van der Waals surface area contributed by atoms with Gasteiger partial charge in [-0.1, -0.05) is 152 Å². The fourth-order valence-electron chi connectivity index (χ4n) is 6.21. The van der Waals surface area contributed by atoms with Gasteiger partial charge >= 0.3 is 0 Å². The van der Waals surface area contributed by atoms with E-state index in [-0.39, 0.29) is 33.0 Å². The molecule has 8 nitrogen and oxygen atoms in total. The van der Waals surface area contributed by atoms with E-state index >= 15 is 0 Å². The molecule has 1 aliphatic carbocycles. The predicted octanol–water partition coefficient (Wildman–Crippen LogP) is 7.27. The SMILES string of the molecule is CS(=O)(=O)O[C@@H]1[C@H](OCc2ccccc2)[C@@H](OCc2ccccc2)[C@H](OCc2ccccc2)[C@@H](OCc2ccccc2)[C@@H]1OCc1ccccc1. The van der Waals surface area contributed by atoms with Crippen molar-refractivity contribution < 1.29 is 36.3 Å². The molecule has 0 aromatic heterocycles. The molecule has 0 saturated heterocycles. The maximum Gasteiger partial charge on any atom is 0.264 e. The Balaban J connectivity index is 1.43. The molecule has 0 bridgehead atoms. The van der Waals surface area contributed by atoms with Crippen LogP contribution in [0.1, 0.15) is 27.8 Å². The van der Waals surface area contributed by atoms with Crippen molar-refractivity contribution in [2.75, 3.05) is 6.26 Å². The average molecular weight is 709 g/mol. The van der Waals surface area contributed by atoms with E-state index in [9.17, 15) is 8.42 Å². The lowest BCUT2D eigenvalue weighted by Gasteiger charge is -2.49. The third-order valence-electron chi connectivity index (χ3n) is 8.66. The summed E-state index contributed by atoms with van der Waals surface area (Å²) in [5, 5.41) is 0. The summed E-state index contributed by atoms with van der Waals surface area (Å²) in [5.74, 6) is 0. The maximum atomic E-state index is 13.1. The van der Waals surface area contributed by atoms with Crippen molar-refractivity contribution in [1.29, 1.82) is 0 Å². The minimum atomic E-state index is -4.02. The fraction of sp³-hybridized carbons (Fsp3) is 0.286. The van der Waals surface area contributed by atoms with Crippen molar-refractivity contribution in [3.05, 3.63) is 179 Å². The Morgan fingerprint density at radius 1 is 0.353 bits per heavy atom. The zero-order chi connectivity index (χ0) is 35.3. The largest absolute Gasteiger partial charge is 0.368 e. The first kappa shape index (κ1) is 36.6. The minimum absolute atomic E-state index is 0.173. The molecule has 0 spiro atoms. The zero-order valence-electron chi connectivity index (χ0n) is 28.6. The van der Waals surface area contributed by atoms with Gasteiger partial charge in [0.2, 0.25) is 0 Å². The highest BCUT2D eigenvalue weighted by molar-refractivity contribution is 7.86. The van der Waals surface area contributed by atoms with Gasteiger partial charge in [0, 0.05) is 0 Å². The van der Waals surface area contributed by atoms with Crippen LogP contribution in [-0.2, 0) is 71.0 Å². The van der Waals surface area contributed by atoms with Gasteiger partial charge in [-0.25, -0.2) is 0 Å². The highest BCUT2D eigenvalue weighted by Gasteiger charge is 2.56. The van der Waals surface area contributed by atoms with Gasteiger partial charge in [-0.2, -0.15) is 8.42 Å². The molecule has 1 fully saturated rings. The van der Waals surface area contributed by atoms with Crippen molar-refractivity contribution in [3.8, 4) is 0 Å². The topological polar surface area (TPSA) is 89.5 Å². The summed E-state index contributed by atoms with van der Waals surface area (Å²) in [6.07, 6.45) is -4.43. The number of hydrogen-bond acceptors (Lipinski definition) is 8.